The summed E-state index contributed by atoms with van der Waals surface area (Å²) in [4.78, 5) is 29.5. The maximum Gasteiger partial charge on any atom is 0.265 e. The number of hydrogen-bond donors (Lipinski definition) is 1. The molecule has 0 aromatic heterocycles. The van der Waals surface area contributed by atoms with Gasteiger partial charge in [0.2, 0.25) is 15.9 Å². The van der Waals surface area contributed by atoms with Crippen molar-refractivity contribution in [2.45, 2.75) is 69.4 Å². The minimum atomic E-state index is -3.76. The molecule has 1 aliphatic carbocycles. The Morgan fingerprint density at radius 1 is 1.19 bits per heavy atom. The number of rotatable bonds is 10. The lowest BCUT2D eigenvalue weighted by atomic mass is 9.93. The molecule has 1 aromatic rings. The maximum absolute atomic E-state index is 13.1. The average molecular weight is 537 g/mol. The van der Waals surface area contributed by atoms with Crippen LogP contribution in [-0.2, 0) is 24.3 Å². The molecule has 10 nitrogen and oxygen atoms in total. The number of nitrogens with zero attached hydrogens (tertiary/aromatic N) is 3. The van der Waals surface area contributed by atoms with Crippen LogP contribution in [-0.4, -0.2) is 94.1 Å². The highest BCUT2D eigenvalue weighted by molar-refractivity contribution is 7.89. The van der Waals surface area contributed by atoms with Gasteiger partial charge < -0.3 is 14.8 Å². The normalized spacial score (nSPS) is 20.4. The van der Waals surface area contributed by atoms with E-state index in [9.17, 15) is 18.0 Å². The first-order valence-electron chi connectivity index (χ1n) is 13.5. The maximum atomic E-state index is 13.1. The number of anilines is 1. The first-order valence-corrected chi connectivity index (χ1v) is 14.9. The molecular formula is C26H40N4O6S. The van der Waals surface area contributed by atoms with Crippen molar-refractivity contribution in [3.8, 4) is 5.75 Å². The highest BCUT2D eigenvalue weighted by Crippen LogP contribution is 2.35. The Labute approximate surface area is 220 Å². The van der Waals surface area contributed by atoms with Gasteiger partial charge in [0.15, 0.2) is 6.61 Å². The van der Waals surface area contributed by atoms with Gasteiger partial charge >= 0.3 is 0 Å². The summed E-state index contributed by atoms with van der Waals surface area (Å²) in [7, 11) is -3.76. The fraction of sp³-hybridized carbons (Fsp3) is 0.692. The van der Waals surface area contributed by atoms with Crippen LogP contribution in [0.15, 0.2) is 23.1 Å². The van der Waals surface area contributed by atoms with Gasteiger partial charge in [0, 0.05) is 38.3 Å². The van der Waals surface area contributed by atoms with Gasteiger partial charge in [0.1, 0.15) is 12.3 Å². The molecule has 0 bridgehead atoms. The molecule has 1 N–H and O–H groups in total. The highest BCUT2D eigenvalue weighted by Gasteiger charge is 2.32. The average Bonchev–Trinajstić information content (AvgIpc) is 2.93. The predicted molar refractivity (Wildman–Crippen MR) is 140 cm³/mol. The predicted octanol–water partition coefficient (Wildman–Crippen LogP) is 1.98. The van der Waals surface area contributed by atoms with E-state index in [1.807, 2.05) is 0 Å². The zero-order valence-corrected chi connectivity index (χ0v) is 22.8. The summed E-state index contributed by atoms with van der Waals surface area (Å²) in [5, 5.41) is 2.97. The topological polar surface area (TPSA) is 108 Å². The number of benzene rings is 1. The van der Waals surface area contributed by atoms with E-state index in [2.05, 4.69) is 24.1 Å². The van der Waals surface area contributed by atoms with Gasteiger partial charge in [-0.3, -0.25) is 19.4 Å². The number of amides is 2. The van der Waals surface area contributed by atoms with Gasteiger partial charge in [-0.25, -0.2) is 8.42 Å². The van der Waals surface area contributed by atoms with Crippen LogP contribution in [0.4, 0.5) is 5.69 Å². The monoisotopic (exact) mass is 536 g/mol. The van der Waals surface area contributed by atoms with Crippen LogP contribution < -0.4 is 15.0 Å². The first-order chi connectivity index (χ1) is 17.8. The summed E-state index contributed by atoms with van der Waals surface area (Å²) in [6, 6.07) is 5.46. The van der Waals surface area contributed by atoms with Crippen LogP contribution in [0.3, 0.4) is 0 Å². The Balaban J connectivity index is 1.41. The standard InChI is InChI=1S/C26H40N4O6S/c1-3-20(2)29(21-7-5-4-6-8-21)12-11-27-25(31)18-30-23-17-22(9-10-24(23)36-19-26(30)32)37(33,34)28-13-15-35-16-14-28/h9-10,17,20-21H,3-8,11-16,18-19H2,1-2H3,(H,27,31)/t20-/m0/s1. The number of nitrogens with one attached hydrogen (secondary N) is 1. The molecule has 2 amide bonds. The van der Waals surface area contributed by atoms with Crippen LogP contribution in [0.1, 0.15) is 52.4 Å². The van der Waals surface area contributed by atoms with Crippen LogP contribution in [0.25, 0.3) is 0 Å². The third-order valence-corrected chi connectivity index (χ3v) is 9.57. The molecule has 1 atom stereocenters. The molecule has 0 radical (unpaired) electrons. The zero-order valence-electron chi connectivity index (χ0n) is 22.0. The smallest absolute Gasteiger partial charge is 0.265 e. The summed E-state index contributed by atoms with van der Waals surface area (Å²) in [5.41, 5.74) is 0.296. The van der Waals surface area contributed by atoms with Gasteiger partial charge in [0.25, 0.3) is 5.91 Å². The second kappa shape index (κ2) is 12.6. The number of ether oxygens (including phenoxy) is 2. The molecule has 37 heavy (non-hydrogen) atoms. The van der Waals surface area contributed by atoms with E-state index in [0.717, 1.165) is 13.0 Å². The Morgan fingerprint density at radius 2 is 1.92 bits per heavy atom. The lowest BCUT2D eigenvalue weighted by molar-refractivity contribution is -0.125. The lowest BCUT2D eigenvalue weighted by Gasteiger charge is -2.38. The molecule has 1 saturated heterocycles. The minimum Gasteiger partial charge on any atom is -0.482 e. The highest BCUT2D eigenvalue weighted by atomic mass is 32.2. The molecule has 1 saturated carbocycles. The van der Waals surface area contributed by atoms with Crippen molar-refractivity contribution < 1.29 is 27.5 Å². The van der Waals surface area contributed by atoms with E-state index in [1.54, 1.807) is 6.07 Å². The van der Waals surface area contributed by atoms with E-state index < -0.39 is 10.0 Å². The summed E-state index contributed by atoms with van der Waals surface area (Å²) in [6.45, 7) is 6.53. The minimum absolute atomic E-state index is 0.0635. The third kappa shape index (κ3) is 6.63. The molecule has 0 spiro atoms. The third-order valence-electron chi connectivity index (χ3n) is 7.68. The molecule has 1 aromatic carbocycles. The fourth-order valence-electron chi connectivity index (χ4n) is 5.39. The Morgan fingerprint density at radius 3 is 2.62 bits per heavy atom. The summed E-state index contributed by atoms with van der Waals surface area (Å²) < 4.78 is 38.4. The van der Waals surface area contributed by atoms with E-state index >= 15 is 0 Å². The number of fused-ring (bicyclic) bond motifs is 1. The molecule has 11 heteroatoms. The van der Waals surface area contributed by atoms with Crippen LogP contribution in [0, 0.1) is 0 Å². The Bertz CT molecular complexity index is 1050. The van der Waals surface area contributed by atoms with Crippen molar-refractivity contribution in [2.75, 3.05) is 57.4 Å². The molecular weight excluding hydrogens is 496 g/mol. The van der Waals surface area contributed by atoms with E-state index in [4.69, 9.17) is 9.47 Å². The summed E-state index contributed by atoms with van der Waals surface area (Å²) in [5.74, 6) is -0.282. The van der Waals surface area contributed by atoms with E-state index in [-0.39, 0.29) is 43.0 Å². The molecule has 4 rings (SSSR count). The molecule has 0 unspecified atom stereocenters. The van der Waals surface area contributed by atoms with Gasteiger partial charge in [-0.15, -0.1) is 0 Å². The molecule has 206 valence electrons. The summed E-state index contributed by atoms with van der Waals surface area (Å²) in [6.07, 6.45) is 7.27. The molecule has 2 heterocycles. The molecule has 2 aliphatic heterocycles. The number of carbonyl (C=O) groups is 2. The van der Waals surface area contributed by atoms with Gasteiger partial charge in [-0.05, 0) is 44.4 Å². The SMILES string of the molecule is CC[C@H](C)N(CCNC(=O)CN1C(=O)COc2ccc(S(=O)(=O)N3CCOCC3)cc21)C1CCCCC1. The van der Waals surface area contributed by atoms with Crippen LogP contribution >= 0.6 is 0 Å². The lowest BCUT2D eigenvalue weighted by Crippen LogP contribution is -2.49. The van der Waals surface area contributed by atoms with Gasteiger partial charge in [-0.2, -0.15) is 4.31 Å². The van der Waals surface area contributed by atoms with E-state index in [0.29, 0.717) is 43.3 Å². The first kappa shape index (κ1) is 27.8. The van der Waals surface area contributed by atoms with Crippen molar-refractivity contribution in [1.82, 2.24) is 14.5 Å². The van der Waals surface area contributed by atoms with E-state index in [1.165, 1.54) is 53.4 Å². The van der Waals surface area contributed by atoms with Crippen molar-refractivity contribution >= 4 is 27.5 Å². The number of hydrogen-bond acceptors (Lipinski definition) is 7. The van der Waals surface area contributed by atoms with Gasteiger partial charge in [-0.1, -0.05) is 26.2 Å². The van der Waals surface area contributed by atoms with Crippen LogP contribution in [0.2, 0.25) is 0 Å². The Kier molecular flexibility index (Phi) is 9.44. The number of sulfonamides is 1. The van der Waals surface area contributed by atoms with Crippen molar-refractivity contribution in [2.24, 2.45) is 0 Å². The Hall–Kier alpha value is -2.21. The second-order valence-corrected chi connectivity index (χ2v) is 12.0. The van der Waals surface area contributed by atoms with Crippen molar-refractivity contribution in [3.63, 3.8) is 0 Å². The fourth-order valence-corrected chi connectivity index (χ4v) is 6.81. The molecule has 2 fully saturated rings. The van der Waals surface area contributed by atoms with Gasteiger partial charge in [0.05, 0.1) is 23.8 Å². The molecule has 3 aliphatic rings. The van der Waals surface area contributed by atoms with Crippen molar-refractivity contribution in [1.29, 1.82) is 0 Å². The van der Waals surface area contributed by atoms with Crippen molar-refractivity contribution in [3.05, 3.63) is 18.2 Å². The summed E-state index contributed by atoms with van der Waals surface area (Å²) >= 11 is 0. The zero-order chi connectivity index (χ0) is 26.4. The van der Waals surface area contributed by atoms with Crippen LogP contribution in [0.5, 0.6) is 5.75 Å². The largest absolute Gasteiger partial charge is 0.482 e. The second-order valence-electron chi connectivity index (χ2n) is 10.1. The number of carbonyl (C=O) groups excluding carboxylic acids is 2. The number of morpholine rings is 1. The quantitative estimate of drug-likeness (QED) is 0.487.